The normalized spacial score (nSPS) is 20.8. The fourth-order valence-corrected chi connectivity index (χ4v) is 4.02. The van der Waals surface area contributed by atoms with Crippen LogP contribution in [-0.2, 0) is 4.79 Å². The van der Waals surface area contributed by atoms with Gasteiger partial charge in [-0.05, 0) is 35.5 Å². The van der Waals surface area contributed by atoms with Crippen LogP contribution in [0.15, 0.2) is 28.1 Å². The van der Waals surface area contributed by atoms with Gasteiger partial charge in [0.1, 0.15) is 0 Å². The number of piperazine rings is 1. The molecule has 2 aliphatic rings. The van der Waals surface area contributed by atoms with E-state index in [1.165, 1.54) is 11.8 Å². The SMILES string of the molecule is O=C1N=C(N2CCN(CCO)CC2)SC1=Cc1ccc(Cl)cc1Cl. The van der Waals surface area contributed by atoms with Gasteiger partial charge >= 0.3 is 0 Å². The summed E-state index contributed by atoms with van der Waals surface area (Å²) in [5, 5.41) is 10.8. The van der Waals surface area contributed by atoms with Gasteiger partial charge < -0.3 is 10.0 Å². The number of aliphatic hydroxyl groups is 1. The van der Waals surface area contributed by atoms with Gasteiger partial charge in [0, 0.05) is 42.8 Å². The minimum atomic E-state index is -0.237. The highest BCUT2D eigenvalue weighted by molar-refractivity contribution is 8.18. The maximum atomic E-state index is 12.2. The first-order valence-electron chi connectivity index (χ1n) is 7.62. The van der Waals surface area contributed by atoms with Crippen molar-refractivity contribution < 1.29 is 9.90 Å². The highest BCUT2D eigenvalue weighted by Crippen LogP contribution is 2.32. The van der Waals surface area contributed by atoms with E-state index >= 15 is 0 Å². The van der Waals surface area contributed by atoms with Crippen LogP contribution in [0.4, 0.5) is 0 Å². The second-order valence-electron chi connectivity index (χ2n) is 5.53. The van der Waals surface area contributed by atoms with Crippen molar-refractivity contribution in [2.45, 2.75) is 0 Å². The predicted molar refractivity (Wildman–Crippen MR) is 99.6 cm³/mol. The van der Waals surface area contributed by atoms with Crippen LogP contribution in [0.1, 0.15) is 5.56 Å². The summed E-state index contributed by atoms with van der Waals surface area (Å²) in [6.45, 7) is 4.17. The lowest BCUT2D eigenvalue weighted by Crippen LogP contribution is -2.48. The fourth-order valence-electron chi connectivity index (χ4n) is 2.60. The summed E-state index contributed by atoms with van der Waals surface area (Å²) in [6, 6.07) is 5.19. The molecular formula is C16H17Cl2N3O2S. The number of carbonyl (C=O) groups excluding carboxylic acids is 1. The van der Waals surface area contributed by atoms with Gasteiger partial charge in [-0.3, -0.25) is 9.69 Å². The number of hydrogen-bond acceptors (Lipinski definition) is 5. The summed E-state index contributed by atoms with van der Waals surface area (Å²) < 4.78 is 0. The van der Waals surface area contributed by atoms with Gasteiger partial charge in [0.15, 0.2) is 5.17 Å². The molecule has 1 saturated heterocycles. The Morgan fingerprint density at radius 1 is 1.25 bits per heavy atom. The van der Waals surface area contributed by atoms with Crippen LogP contribution in [0.2, 0.25) is 10.0 Å². The summed E-state index contributed by atoms with van der Waals surface area (Å²) in [7, 11) is 0. The molecule has 0 radical (unpaired) electrons. The van der Waals surface area contributed by atoms with E-state index in [1.54, 1.807) is 24.3 Å². The predicted octanol–water partition coefficient (Wildman–Crippen LogP) is 2.57. The highest BCUT2D eigenvalue weighted by atomic mass is 35.5. The Morgan fingerprint density at radius 2 is 2.00 bits per heavy atom. The molecule has 0 bridgehead atoms. The van der Waals surface area contributed by atoms with Crippen LogP contribution in [-0.4, -0.2) is 65.3 Å². The van der Waals surface area contributed by atoms with Crippen LogP contribution in [0.25, 0.3) is 6.08 Å². The quantitative estimate of drug-likeness (QED) is 0.810. The van der Waals surface area contributed by atoms with Crippen molar-refractivity contribution in [2.24, 2.45) is 4.99 Å². The molecule has 2 aliphatic heterocycles. The van der Waals surface area contributed by atoms with Crippen molar-refractivity contribution in [3.63, 3.8) is 0 Å². The van der Waals surface area contributed by atoms with Crippen molar-refractivity contribution in [3.8, 4) is 0 Å². The zero-order chi connectivity index (χ0) is 17.1. The summed E-state index contributed by atoms with van der Waals surface area (Å²) in [4.78, 5) is 21.2. The number of benzene rings is 1. The lowest BCUT2D eigenvalue weighted by molar-refractivity contribution is -0.113. The summed E-state index contributed by atoms with van der Waals surface area (Å²) >= 11 is 13.4. The van der Waals surface area contributed by atoms with E-state index in [4.69, 9.17) is 28.3 Å². The molecule has 8 heteroatoms. The van der Waals surface area contributed by atoms with Crippen LogP contribution in [0.3, 0.4) is 0 Å². The first kappa shape index (κ1) is 17.8. The molecular weight excluding hydrogens is 369 g/mol. The number of aliphatic hydroxyl groups excluding tert-OH is 1. The second kappa shape index (κ2) is 7.89. The molecule has 1 amide bonds. The molecule has 3 rings (SSSR count). The molecule has 5 nitrogen and oxygen atoms in total. The number of thioether (sulfide) groups is 1. The van der Waals surface area contributed by atoms with E-state index in [0.717, 1.165) is 36.9 Å². The Morgan fingerprint density at radius 3 is 2.67 bits per heavy atom. The first-order chi connectivity index (χ1) is 11.6. The van der Waals surface area contributed by atoms with E-state index in [9.17, 15) is 4.79 Å². The lowest BCUT2D eigenvalue weighted by Gasteiger charge is -2.34. The Kier molecular flexibility index (Phi) is 5.84. The van der Waals surface area contributed by atoms with Crippen molar-refractivity contribution in [1.82, 2.24) is 9.80 Å². The van der Waals surface area contributed by atoms with E-state index in [1.807, 2.05) is 0 Å². The van der Waals surface area contributed by atoms with Gasteiger partial charge in [0.25, 0.3) is 5.91 Å². The average Bonchev–Trinajstić information content (AvgIpc) is 2.92. The van der Waals surface area contributed by atoms with Gasteiger partial charge in [0.2, 0.25) is 0 Å². The monoisotopic (exact) mass is 385 g/mol. The van der Waals surface area contributed by atoms with Crippen LogP contribution < -0.4 is 0 Å². The molecule has 24 heavy (non-hydrogen) atoms. The molecule has 0 aliphatic carbocycles. The third-order valence-electron chi connectivity index (χ3n) is 3.92. The number of halogens is 2. The number of amidine groups is 1. The molecule has 1 aromatic carbocycles. The minimum Gasteiger partial charge on any atom is -0.395 e. The van der Waals surface area contributed by atoms with Crippen molar-refractivity contribution in [2.75, 3.05) is 39.3 Å². The molecule has 0 saturated carbocycles. The molecule has 2 heterocycles. The standard InChI is InChI=1S/C16H17Cl2N3O2S/c17-12-2-1-11(13(18)10-12)9-14-15(23)19-16(24-14)21-5-3-20(4-6-21)7-8-22/h1-2,9-10,22H,3-8H2. The zero-order valence-corrected chi connectivity index (χ0v) is 15.2. The van der Waals surface area contributed by atoms with Gasteiger partial charge in [-0.15, -0.1) is 0 Å². The van der Waals surface area contributed by atoms with Gasteiger partial charge in [-0.1, -0.05) is 29.3 Å². The molecule has 128 valence electrons. The van der Waals surface area contributed by atoms with Crippen molar-refractivity contribution in [1.29, 1.82) is 0 Å². The maximum Gasteiger partial charge on any atom is 0.286 e. The fraction of sp³-hybridized carbons (Fsp3) is 0.375. The topological polar surface area (TPSA) is 56.1 Å². The van der Waals surface area contributed by atoms with E-state index in [0.29, 0.717) is 21.5 Å². The Bertz CT molecular complexity index is 701. The number of carbonyl (C=O) groups is 1. The number of aliphatic imine (C=N–C) groups is 1. The van der Waals surface area contributed by atoms with Crippen LogP contribution in [0.5, 0.6) is 0 Å². The van der Waals surface area contributed by atoms with Crippen LogP contribution >= 0.6 is 35.0 Å². The van der Waals surface area contributed by atoms with Crippen LogP contribution in [0, 0.1) is 0 Å². The second-order valence-corrected chi connectivity index (χ2v) is 7.38. The van der Waals surface area contributed by atoms with Crippen molar-refractivity contribution in [3.05, 3.63) is 38.7 Å². The third-order valence-corrected chi connectivity index (χ3v) is 5.52. The first-order valence-corrected chi connectivity index (χ1v) is 9.20. The molecule has 1 aromatic rings. The molecule has 1 N–H and O–H groups in total. The van der Waals surface area contributed by atoms with E-state index in [-0.39, 0.29) is 12.5 Å². The van der Waals surface area contributed by atoms with E-state index < -0.39 is 0 Å². The average molecular weight is 386 g/mol. The smallest absolute Gasteiger partial charge is 0.286 e. The number of rotatable bonds is 3. The molecule has 0 atom stereocenters. The number of hydrogen-bond donors (Lipinski definition) is 1. The van der Waals surface area contributed by atoms with Gasteiger partial charge in [0.05, 0.1) is 11.5 Å². The summed E-state index contributed by atoms with van der Waals surface area (Å²) in [6.07, 6.45) is 1.75. The summed E-state index contributed by atoms with van der Waals surface area (Å²) in [5.41, 5.74) is 0.751. The molecule has 0 aromatic heterocycles. The van der Waals surface area contributed by atoms with Crippen molar-refractivity contribution >= 4 is 52.1 Å². The van der Waals surface area contributed by atoms with E-state index in [2.05, 4.69) is 14.8 Å². The Balaban J connectivity index is 1.67. The summed E-state index contributed by atoms with van der Waals surface area (Å²) in [5.74, 6) is -0.237. The Hall–Kier alpha value is -1.05. The van der Waals surface area contributed by atoms with Gasteiger partial charge in [-0.2, -0.15) is 4.99 Å². The molecule has 1 fully saturated rings. The highest BCUT2D eigenvalue weighted by Gasteiger charge is 2.28. The third kappa shape index (κ3) is 4.13. The number of nitrogens with zero attached hydrogens (tertiary/aromatic N) is 3. The number of amides is 1. The molecule has 0 spiro atoms. The minimum absolute atomic E-state index is 0.170. The Labute approximate surface area is 154 Å². The molecule has 0 unspecified atom stereocenters. The maximum absolute atomic E-state index is 12.2. The zero-order valence-electron chi connectivity index (χ0n) is 12.9. The lowest BCUT2D eigenvalue weighted by atomic mass is 10.2. The van der Waals surface area contributed by atoms with Gasteiger partial charge in [-0.25, -0.2) is 0 Å². The largest absolute Gasteiger partial charge is 0.395 e. The number of β-amino-alcohol motifs (C(OH)–C–C–N with tert-alkyl or cyclic N) is 1.